The fraction of sp³-hybridized carbons (Fsp3) is 0.357. The van der Waals surface area contributed by atoms with Crippen molar-refractivity contribution in [1.82, 2.24) is 4.98 Å². The number of fused-ring (bicyclic) bond motifs is 1. The summed E-state index contributed by atoms with van der Waals surface area (Å²) in [6, 6.07) is 7.02. The Hall–Kier alpha value is -1.68. The Labute approximate surface area is 116 Å². The molecule has 0 fully saturated rings. The van der Waals surface area contributed by atoms with E-state index in [2.05, 4.69) is 4.98 Å². The molecule has 100 valence electrons. The highest BCUT2D eigenvalue weighted by Gasteiger charge is 2.20. The van der Waals surface area contributed by atoms with Crippen molar-refractivity contribution in [3.05, 3.63) is 46.1 Å². The highest BCUT2D eigenvalue weighted by molar-refractivity contribution is 6.20. The maximum absolute atomic E-state index is 11.3. The van der Waals surface area contributed by atoms with E-state index in [-0.39, 0.29) is 16.0 Å². The second kappa shape index (κ2) is 5.97. The summed E-state index contributed by atoms with van der Waals surface area (Å²) in [7, 11) is 0. The summed E-state index contributed by atoms with van der Waals surface area (Å²) in [4.78, 5) is 15.1. The molecule has 0 N–H and O–H groups in total. The molecule has 0 bridgehead atoms. The van der Waals surface area contributed by atoms with E-state index in [4.69, 9.17) is 11.6 Å². The molecule has 2 aromatic rings. The molecule has 0 radical (unpaired) electrons. The Kier molecular flexibility index (Phi) is 4.32. The van der Waals surface area contributed by atoms with Crippen molar-refractivity contribution in [2.75, 3.05) is 0 Å². The van der Waals surface area contributed by atoms with Crippen LogP contribution in [-0.2, 0) is 6.42 Å². The molecule has 0 aliphatic carbocycles. The summed E-state index contributed by atoms with van der Waals surface area (Å²) in [5.74, 6) is 0. The van der Waals surface area contributed by atoms with Gasteiger partial charge in [-0.05, 0) is 37.1 Å². The highest BCUT2D eigenvalue weighted by Crippen LogP contribution is 2.30. The summed E-state index contributed by atoms with van der Waals surface area (Å²) in [6.07, 6.45) is 3.96. The minimum atomic E-state index is -0.338. The van der Waals surface area contributed by atoms with Gasteiger partial charge in [-0.3, -0.25) is 15.1 Å². The van der Waals surface area contributed by atoms with E-state index in [1.165, 1.54) is 0 Å². The van der Waals surface area contributed by atoms with Crippen molar-refractivity contribution in [3.8, 4) is 0 Å². The second-order valence-electron chi connectivity index (χ2n) is 4.49. The monoisotopic (exact) mass is 278 g/mol. The molecular formula is C14H15ClN2O2. The first-order valence-electron chi connectivity index (χ1n) is 6.28. The molecule has 2 rings (SSSR count). The Morgan fingerprint density at radius 1 is 1.42 bits per heavy atom. The average Bonchev–Trinajstić information content (AvgIpc) is 2.38. The lowest BCUT2D eigenvalue weighted by Crippen LogP contribution is -2.06. The van der Waals surface area contributed by atoms with Crippen LogP contribution in [-0.4, -0.2) is 15.3 Å². The highest BCUT2D eigenvalue weighted by atomic mass is 35.5. The zero-order valence-electron chi connectivity index (χ0n) is 10.7. The van der Waals surface area contributed by atoms with E-state index >= 15 is 0 Å². The number of aromatic nitrogens is 1. The Balaban J connectivity index is 2.49. The molecule has 0 saturated heterocycles. The van der Waals surface area contributed by atoms with E-state index in [0.29, 0.717) is 22.9 Å². The average molecular weight is 279 g/mol. The maximum Gasteiger partial charge on any atom is 0.281 e. The van der Waals surface area contributed by atoms with Crippen LogP contribution in [0, 0.1) is 10.1 Å². The standard InChI is InChI=1S/C14H15ClN2O2/c1-2-4-11(15)9-10-6-7-13-12(5-3-8-16-13)14(10)17(18)19/h3,5-8,11H,2,4,9H2,1H3. The molecule has 5 heteroatoms. The third kappa shape index (κ3) is 3.01. The number of nitro groups is 1. The van der Waals surface area contributed by atoms with Gasteiger partial charge in [0.15, 0.2) is 0 Å². The SMILES string of the molecule is CCCC(Cl)Cc1ccc2ncccc2c1[N+](=O)[O-]. The number of pyridine rings is 1. The number of alkyl halides is 1. The number of benzene rings is 1. The summed E-state index contributed by atoms with van der Waals surface area (Å²) >= 11 is 6.21. The van der Waals surface area contributed by atoms with Crippen LogP contribution in [0.4, 0.5) is 5.69 Å². The van der Waals surface area contributed by atoms with Gasteiger partial charge in [-0.1, -0.05) is 13.3 Å². The first-order valence-corrected chi connectivity index (χ1v) is 6.72. The van der Waals surface area contributed by atoms with Crippen LogP contribution in [0.3, 0.4) is 0 Å². The minimum absolute atomic E-state index is 0.0715. The predicted octanol–water partition coefficient (Wildman–Crippen LogP) is 4.09. The van der Waals surface area contributed by atoms with Crippen molar-refractivity contribution >= 4 is 28.2 Å². The topological polar surface area (TPSA) is 56.0 Å². The molecule has 4 nitrogen and oxygen atoms in total. The van der Waals surface area contributed by atoms with Crippen molar-refractivity contribution in [3.63, 3.8) is 0 Å². The van der Waals surface area contributed by atoms with E-state index in [9.17, 15) is 10.1 Å². The Bertz CT molecular complexity index is 601. The Morgan fingerprint density at radius 3 is 2.89 bits per heavy atom. The predicted molar refractivity (Wildman–Crippen MR) is 76.7 cm³/mol. The largest absolute Gasteiger partial charge is 0.281 e. The number of nitro benzene ring substituents is 1. The second-order valence-corrected chi connectivity index (χ2v) is 5.11. The molecule has 0 amide bonds. The summed E-state index contributed by atoms with van der Waals surface area (Å²) in [5, 5.41) is 11.8. The summed E-state index contributed by atoms with van der Waals surface area (Å²) < 4.78 is 0. The molecule has 0 aliphatic rings. The molecule has 19 heavy (non-hydrogen) atoms. The quantitative estimate of drug-likeness (QED) is 0.470. The van der Waals surface area contributed by atoms with Gasteiger partial charge < -0.3 is 0 Å². The van der Waals surface area contributed by atoms with Gasteiger partial charge in [0.1, 0.15) is 0 Å². The van der Waals surface area contributed by atoms with Crippen LogP contribution in [0.5, 0.6) is 0 Å². The zero-order chi connectivity index (χ0) is 13.8. The molecule has 0 spiro atoms. The minimum Gasteiger partial charge on any atom is -0.258 e. The lowest BCUT2D eigenvalue weighted by Gasteiger charge is -2.09. The van der Waals surface area contributed by atoms with Crippen LogP contribution < -0.4 is 0 Å². The first kappa shape index (κ1) is 13.7. The Morgan fingerprint density at radius 2 is 2.21 bits per heavy atom. The number of hydrogen-bond acceptors (Lipinski definition) is 3. The normalized spacial score (nSPS) is 12.5. The van der Waals surface area contributed by atoms with Crippen LogP contribution in [0.1, 0.15) is 25.3 Å². The van der Waals surface area contributed by atoms with Crippen LogP contribution in [0.15, 0.2) is 30.5 Å². The molecule has 1 heterocycles. The van der Waals surface area contributed by atoms with Crippen molar-refractivity contribution in [1.29, 1.82) is 0 Å². The van der Waals surface area contributed by atoms with Crippen LogP contribution in [0.2, 0.25) is 0 Å². The van der Waals surface area contributed by atoms with Crippen LogP contribution in [0.25, 0.3) is 10.9 Å². The molecule has 1 aromatic heterocycles. The maximum atomic E-state index is 11.3. The number of rotatable bonds is 5. The fourth-order valence-electron chi connectivity index (χ4n) is 2.22. The van der Waals surface area contributed by atoms with Gasteiger partial charge in [-0.15, -0.1) is 11.6 Å². The van der Waals surface area contributed by atoms with Gasteiger partial charge in [0.25, 0.3) is 5.69 Å². The zero-order valence-corrected chi connectivity index (χ0v) is 11.4. The third-order valence-corrected chi connectivity index (χ3v) is 3.44. The van der Waals surface area contributed by atoms with Gasteiger partial charge in [0.2, 0.25) is 0 Å². The molecule has 1 aromatic carbocycles. The summed E-state index contributed by atoms with van der Waals surface area (Å²) in [6.45, 7) is 2.05. The van der Waals surface area contributed by atoms with E-state index in [1.807, 2.05) is 13.0 Å². The van der Waals surface area contributed by atoms with Crippen molar-refractivity contribution in [2.45, 2.75) is 31.6 Å². The van der Waals surface area contributed by atoms with Crippen molar-refractivity contribution < 1.29 is 4.92 Å². The number of hydrogen-bond donors (Lipinski definition) is 0. The smallest absolute Gasteiger partial charge is 0.258 e. The van der Waals surface area contributed by atoms with E-state index in [0.717, 1.165) is 12.8 Å². The van der Waals surface area contributed by atoms with Crippen LogP contribution >= 0.6 is 11.6 Å². The molecule has 1 unspecified atom stereocenters. The molecule has 1 atom stereocenters. The van der Waals surface area contributed by atoms with Gasteiger partial charge >= 0.3 is 0 Å². The van der Waals surface area contributed by atoms with Crippen molar-refractivity contribution in [2.24, 2.45) is 0 Å². The van der Waals surface area contributed by atoms with Gasteiger partial charge in [-0.25, -0.2) is 0 Å². The lowest BCUT2D eigenvalue weighted by atomic mass is 10.0. The molecule has 0 saturated carbocycles. The lowest BCUT2D eigenvalue weighted by molar-refractivity contribution is -0.383. The molecule has 0 aliphatic heterocycles. The van der Waals surface area contributed by atoms with E-state index in [1.54, 1.807) is 24.4 Å². The van der Waals surface area contributed by atoms with Gasteiger partial charge in [-0.2, -0.15) is 0 Å². The van der Waals surface area contributed by atoms with Gasteiger partial charge in [0, 0.05) is 17.1 Å². The first-order chi connectivity index (χ1) is 9.13. The fourth-order valence-corrected chi connectivity index (χ4v) is 2.60. The van der Waals surface area contributed by atoms with Gasteiger partial charge in [0.05, 0.1) is 15.8 Å². The number of nitrogens with zero attached hydrogens (tertiary/aromatic N) is 2. The number of halogens is 1. The van der Waals surface area contributed by atoms with E-state index < -0.39 is 0 Å². The third-order valence-electron chi connectivity index (χ3n) is 3.07. The molecular weight excluding hydrogens is 264 g/mol. The summed E-state index contributed by atoms with van der Waals surface area (Å²) in [5.41, 5.74) is 1.45.